The second kappa shape index (κ2) is 18.8. The Hall–Kier alpha value is -5.34. The fraction of sp³-hybridized carbons (Fsp3) is 0.463. The third kappa shape index (κ3) is 10.9. The monoisotopic (exact) mass is 755 g/mol. The minimum Gasteiger partial charge on any atom is -0.507 e. The van der Waals surface area contributed by atoms with Gasteiger partial charge < -0.3 is 36.9 Å². The van der Waals surface area contributed by atoms with Crippen molar-refractivity contribution in [2.24, 2.45) is 28.7 Å². The first-order valence-electron chi connectivity index (χ1n) is 18.5. The first-order chi connectivity index (χ1) is 26.0. The lowest BCUT2D eigenvalue weighted by Gasteiger charge is -2.32. The molecule has 2 amide bonds. The zero-order chi connectivity index (χ0) is 40.4. The Morgan fingerprint density at radius 3 is 2.38 bits per heavy atom. The van der Waals surface area contributed by atoms with Crippen molar-refractivity contribution in [2.45, 2.75) is 78.3 Å². The summed E-state index contributed by atoms with van der Waals surface area (Å²) < 4.78 is 5.99. The Morgan fingerprint density at radius 2 is 1.73 bits per heavy atom. The lowest BCUT2D eigenvalue weighted by Crippen LogP contribution is -2.46. The molecule has 7 N–H and O–H groups in total. The summed E-state index contributed by atoms with van der Waals surface area (Å²) in [6.45, 7) is 7.74. The number of rotatable bonds is 14. The molecule has 4 rings (SSSR count). The van der Waals surface area contributed by atoms with Gasteiger partial charge in [-0.2, -0.15) is 0 Å². The maximum Gasteiger partial charge on any atom is 0.226 e. The Morgan fingerprint density at radius 1 is 1.02 bits per heavy atom. The molecule has 55 heavy (non-hydrogen) atoms. The van der Waals surface area contributed by atoms with Gasteiger partial charge in [0, 0.05) is 73.9 Å². The lowest BCUT2D eigenvalue weighted by atomic mass is 9.86. The van der Waals surface area contributed by atoms with Crippen LogP contribution in [-0.2, 0) is 25.6 Å². The molecule has 0 radical (unpaired) electrons. The molecule has 3 aromatic rings. The van der Waals surface area contributed by atoms with E-state index in [9.17, 15) is 29.1 Å². The fourth-order valence-corrected chi connectivity index (χ4v) is 6.59. The second-order valence-corrected chi connectivity index (χ2v) is 15.2. The molecule has 0 unspecified atom stereocenters. The van der Waals surface area contributed by atoms with E-state index in [1.54, 1.807) is 37.3 Å². The number of phenols is 1. The van der Waals surface area contributed by atoms with Crippen molar-refractivity contribution in [3.8, 4) is 22.6 Å². The minimum absolute atomic E-state index is 0.0250. The van der Waals surface area contributed by atoms with Gasteiger partial charge in [0.15, 0.2) is 17.3 Å². The molecule has 4 bridgehead atoms. The van der Waals surface area contributed by atoms with E-state index in [1.807, 2.05) is 20.8 Å². The van der Waals surface area contributed by atoms with Gasteiger partial charge >= 0.3 is 0 Å². The summed E-state index contributed by atoms with van der Waals surface area (Å²) in [4.78, 5) is 78.4. The van der Waals surface area contributed by atoms with E-state index in [-0.39, 0.29) is 81.1 Å². The molecule has 0 saturated heterocycles. The average molecular weight is 756 g/mol. The summed E-state index contributed by atoms with van der Waals surface area (Å²) in [6, 6.07) is 7.59. The zero-order valence-corrected chi connectivity index (χ0v) is 32.3. The molecule has 0 saturated carbocycles. The van der Waals surface area contributed by atoms with Crippen LogP contribution in [0, 0.1) is 22.7 Å². The molecule has 2 heterocycles. The van der Waals surface area contributed by atoms with Crippen molar-refractivity contribution in [1.29, 1.82) is 5.41 Å². The van der Waals surface area contributed by atoms with Crippen LogP contribution >= 0.6 is 0 Å². The Labute approximate surface area is 321 Å². The van der Waals surface area contributed by atoms with Gasteiger partial charge in [0.05, 0.1) is 11.6 Å². The number of hydrogen-bond acceptors (Lipinski definition) is 12. The first kappa shape index (κ1) is 42.4. The number of nitrogens with two attached hydrogens (primary N) is 2. The summed E-state index contributed by atoms with van der Waals surface area (Å²) in [5.74, 6) is -3.66. The molecule has 14 heteroatoms. The van der Waals surface area contributed by atoms with Crippen molar-refractivity contribution >= 4 is 34.9 Å². The Balaban J connectivity index is 1.81. The summed E-state index contributed by atoms with van der Waals surface area (Å²) in [5.41, 5.74) is 13.6. The zero-order valence-electron chi connectivity index (χ0n) is 32.3. The minimum atomic E-state index is -1.23. The van der Waals surface area contributed by atoms with Crippen molar-refractivity contribution in [3.63, 3.8) is 0 Å². The number of ketones is 3. The number of aromatic hydroxyl groups is 1. The number of carbonyl (C=O) groups is 5. The second-order valence-electron chi connectivity index (χ2n) is 15.2. The largest absolute Gasteiger partial charge is 0.507 e. The molecule has 0 fully saturated rings. The fourth-order valence-electron chi connectivity index (χ4n) is 6.59. The van der Waals surface area contributed by atoms with Crippen LogP contribution in [-0.4, -0.2) is 87.6 Å². The van der Waals surface area contributed by atoms with Crippen molar-refractivity contribution in [2.75, 3.05) is 26.7 Å². The molecule has 14 nitrogen and oxygen atoms in total. The highest BCUT2D eigenvalue weighted by Crippen LogP contribution is 2.40. The van der Waals surface area contributed by atoms with Gasteiger partial charge in [-0.25, -0.2) is 9.97 Å². The van der Waals surface area contributed by atoms with E-state index >= 15 is 0 Å². The topological polar surface area (TPSA) is 232 Å². The highest BCUT2D eigenvalue weighted by atomic mass is 16.5. The Bertz CT molecular complexity index is 1890. The van der Waals surface area contributed by atoms with Gasteiger partial charge in [0.1, 0.15) is 30.5 Å². The maximum absolute atomic E-state index is 14.4. The maximum atomic E-state index is 14.4. The molecule has 1 aliphatic rings. The highest BCUT2D eigenvalue weighted by Gasteiger charge is 2.36. The van der Waals surface area contributed by atoms with E-state index < -0.39 is 46.9 Å². The Kier molecular flexibility index (Phi) is 14.5. The molecule has 0 spiro atoms. The van der Waals surface area contributed by atoms with Crippen molar-refractivity contribution in [3.05, 3.63) is 71.8 Å². The van der Waals surface area contributed by atoms with Gasteiger partial charge in [0.25, 0.3) is 0 Å². The number of hydrogen-bond donors (Lipinski definition) is 5. The molecule has 1 aromatic heterocycles. The highest BCUT2D eigenvalue weighted by molar-refractivity contribution is 6.00. The quantitative estimate of drug-likeness (QED) is 0.117. The molecule has 0 aliphatic carbocycles. The van der Waals surface area contributed by atoms with Crippen molar-refractivity contribution < 1.29 is 33.8 Å². The normalized spacial score (nSPS) is 18.1. The number of ether oxygens (including phenoxy) is 1. The third-order valence-corrected chi connectivity index (χ3v) is 9.89. The number of fused-ring (bicyclic) bond motifs is 5. The van der Waals surface area contributed by atoms with Gasteiger partial charge in [-0.3, -0.25) is 24.0 Å². The average Bonchev–Trinajstić information content (AvgIpc) is 3.15. The molecule has 1 aliphatic heterocycles. The van der Waals surface area contributed by atoms with Gasteiger partial charge in [-0.15, -0.1) is 0 Å². The van der Waals surface area contributed by atoms with Gasteiger partial charge in [-0.05, 0) is 66.6 Å². The standard InChI is InChI=1S/C41H53N7O7/c1-24-16-35(52)38(48(5)40(54)27(12-13-42)20-34(51)28-21-45-23-46-22-28)26-7-10-36(55-15-14-43)30(19-26)29-17-25(6-8-32(29)49)18-31(47-39(24)53)33(50)9-11-37(44)41(2,3)4/h6-8,10,17,19,21-24,27,31,38,44,49H,9,11-16,18,20,42-43H2,1-5H3,(H,47,53)/t24-,27-,31+,38+/m0/s1. The number of amides is 2. The van der Waals surface area contributed by atoms with Crippen LogP contribution in [0.15, 0.2) is 55.1 Å². The number of phenolic OH excluding ortho intramolecular Hbond substituents is 1. The van der Waals surface area contributed by atoms with Gasteiger partial charge in [-0.1, -0.05) is 39.8 Å². The number of benzene rings is 2. The van der Waals surface area contributed by atoms with E-state index in [4.69, 9.17) is 21.6 Å². The van der Waals surface area contributed by atoms with Crippen LogP contribution in [0.5, 0.6) is 11.5 Å². The van der Waals surface area contributed by atoms with Crippen LogP contribution in [0.1, 0.15) is 87.3 Å². The van der Waals surface area contributed by atoms with Crippen LogP contribution in [0.2, 0.25) is 0 Å². The predicted molar refractivity (Wildman–Crippen MR) is 208 cm³/mol. The number of aromatic nitrogens is 2. The molecular weight excluding hydrogens is 702 g/mol. The molecule has 294 valence electrons. The van der Waals surface area contributed by atoms with E-state index in [1.165, 1.54) is 36.7 Å². The summed E-state index contributed by atoms with van der Waals surface area (Å²) >= 11 is 0. The lowest BCUT2D eigenvalue weighted by molar-refractivity contribution is -0.142. The van der Waals surface area contributed by atoms with E-state index in [2.05, 4.69) is 15.3 Å². The van der Waals surface area contributed by atoms with E-state index in [0.29, 0.717) is 33.7 Å². The van der Waals surface area contributed by atoms with Crippen molar-refractivity contribution in [1.82, 2.24) is 20.2 Å². The summed E-state index contributed by atoms with van der Waals surface area (Å²) in [7, 11) is 1.47. The summed E-state index contributed by atoms with van der Waals surface area (Å²) in [6.07, 6.45) is 4.04. The van der Waals surface area contributed by atoms with Crippen LogP contribution in [0.3, 0.4) is 0 Å². The smallest absolute Gasteiger partial charge is 0.226 e. The summed E-state index contributed by atoms with van der Waals surface area (Å²) in [5, 5.41) is 22.5. The van der Waals surface area contributed by atoms with Crippen LogP contribution in [0.25, 0.3) is 11.1 Å². The van der Waals surface area contributed by atoms with Crippen LogP contribution in [0.4, 0.5) is 0 Å². The van der Waals surface area contributed by atoms with E-state index in [0.717, 1.165) is 0 Å². The third-order valence-electron chi connectivity index (χ3n) is 9.89. The number of likely N-dealkylation sites (N-methyl/N-ethyl adjacent to an activating group) is 1. The predicted octanol–water partition coefficient (Wildman–Crippen LogP) is 3.98. The number of nitrogens with zero attached hydrogens (tertiary/aromatic N) is 3. The molecular formula is C41H53N7O7. The molecule has 4 atom stereocenters. The number of nitrogens with one attached hydrogen (secondary N) is 2. The van der Waals surface area contributed by atoms with Gasteiger partial charge in [0.2, 0.25) is 11.8 Å². The number of Topliss-reactive ketones (excluding diaryl/α,β-unsaturated/α-hetero) is 3. The first-order valence-corrected chi connectivity index (χ1v) is 18.5. The molecule has 2 aromatic carbocycles. The van der Waals surface area contributed by atoms with Crippen LogP contribution < -0.4 is 21.5 Å². The SMILES string of the molecule is C[C@H]1CC(=O)[C@H](N(C)C(=O)[C@@H](CCN)CC(=O)c2cncnc2)c2ccc(OCCN)c(c2)-c2cc(ccc2O)C[C@H](C(=O)CCC(=N)C(C)(C)C)NC1=O. The number of carbonyl (C=O) groups excluding carboxylic acids is 5.